The van der Waals surface area contributed by atoms with Crippen LogP contribution in [0.5, 0.6) is 0 Å². The van der Waals surface area contributed by atoms with Crippen molar-refractivity contribution in [3.05, 3.63) is 64.9 Å². The molecule has 0 aromatic heterocycles. The maximum Gasteiger partial charge on any atom is 0.246 e. The Bertz CT molecular complexity index is 834. The molecular weight excluding hydrogens is 386 g/mol. The summed E-state index contributed by atoms with van der Waals surface area (Å²) in [4.78, 5) is -0.389. The van der Waals surface area contributed by atoms with Crippen LogP contribution < -0.4 is 5.73 Å². The first-order valence-electron chi connectivity index (χ1n) is 7.63. The molecule has 25 heavy (non-hydrogen) atoms. The second-order valence-corrected chi connectivity index (χ2v) is 8.25. The van der Waals surface area contributed by atoms with Crippen molar-refractivity contribution < 1.29 is 12.8 Å². The molecule has 3 rings (SSSR count). The van der Waals surface area contributed by atoms with Gasteiger partial charge in [0.1, 0.15) is 10.7 Å². The van der Waals surface area contributed by atoms with E-state index in [0.29, 0.717) is 6.54 Å². The highest BCUT2D eigenvalue weighted by molar-refractivity contribution is 7.89. The van der Waals surface area contributed by atoms with Gasteiger partial charge in [-0.3, -0.25) is 0 Å². The van der Waals surface area contributed by atoms with Gasteiger partial charge in [-0.25, -0.2) is 12.8 Å². The van der Waals surface area contributed by atoms with Gasteiger partial charge in [0, 0.05) is 24.0 Å². The molecule has 0 amide bonds. The second kappa shape index (κ2) is 8.01. The van der Waals surface area contributed by atoms with Crippen LogP contribution >= 0.6 is 24.0 Å². The van der Waals surface area contributed by atoms with Crippen LogP contribution in [0.15, 0.2) is 53.4 Å². The molecule has 2 aromatic rings. The summed E-state index contributed by atoms with van der Waals surface area (Å²) < 4.78 is 41.0. The number of halogens is 3. The molecule has 2 N–H and O–H groups in total. The van der Waals surface area contributed by atoms with Gasteiger partial charge in [-0.05, 0) is 36.2 Å². The normalized spacial score (nSPS) is 21.1. The lowest BCUT2D eigenvalue weighted by Gasteiger charge is -2.17. The summed E-state index contributed by atoms with van der Waals surface area (Å²) >= 11 is 5.84. The Hall–Kier alpha value is -1.18. The summed E-state index contributed by atoms with van der Waals surface area (Å²) in [6.07, 6.45) is 0. The molecule has 2 aromatic carbocycles. The predicted octanol–water partition coefficient (Wildman–Crippen LogP) is 3.26. The molecule has 0 unspecified atom stereocenters. The Morgan fingerprint density at radius 3 is 2.48 bits per heavy atom. The number of nitrogens with two attached hydrogens (primary N) is 1. The maximum atomic E-state index is 14.0. The molecule has 8 heteroatoms. The largest absolute Gasteiger partial charge is 0.330 e. The third kappa shape index (κ3) is 3.99. The van der Waals surface area contributed by atoms with Gasteiger partial charge in [0.25, 0.3) is 0 Å². The van der Waals surface area contributed by atoms with Crippen LogP contribution in [0.2, 0.25) is 5.02 Å². The van der Waals surface area contributed by atoms with Crippen molar-refractivity contribution in [3.63, 3.8) is 0 Å². The third-order valence-corrected chi connectivity index (χ3v) is 6.53. The maximum absolute atomic E-state index is 14.0. The zero-order valence-corrected chi connectivity index (χ0v) is 15.7. The average molecular weight is 405 g/mol. The molecule has 1 aliphatic rings. The van der Waals surface area contributed by atoms with Crippen LogP contribution in [0.25, 0.3) is 0 Å². The van der Waals surface area contributed by atoms with Gasteiger partial charge in [0.2, 0.25) is 10.0 Å². The highest BCUT2D eigenvalue weighted by atomic mass is 35.5. The highest BCUT2D eigenvalue weighted by Crippen LogP contribution is 2.36. The smallest absolute Gasteiger partial charge is 0.246 e. The number of sulfonamides is 1. The fourth-order valence-electron chi connectivity index (χ4n) is 3.16. The van der Waals surface area contributed by atoms with Crippen LogP contribution in [-0.2, 0) is 10.0 Å². The molecule has 0 saturated carbocycles. The van der Waals surface area contributed by atoms with Crippen molar-refractivity contribution in [1.82, 2.24) is 4.31 Å². The van der Waals surface area contributed by atoms with Crippen molar-refractivity contribution in [3.8, 4) is 0 Å². The first-order valence-corrected chi connectivity index (χ1v) is 9.45. The molecule has 0 spiro atoms. The van der Waals surface area contributed by atoms with E-state index >= 15 is 0 Å². The molecule has 136 valence electrons. The molecule has 1 fully saturated rings. The van der Waals surface area contributed by atoms with Crippen molar-refractivity contribution in [2.24, 2.45) is 11.7 Å². The molecule has 2 atom stereocenters. The topological polar surface area (TPSA) is 63.4 Å². The third-order valence-electron chi connectivity index (χ3n) is 4.45. The fraction of sp³-hybridized carbons (Fsp3) is 0.294. The van der Waals surface area contributed by atoms with E-state index in [4.69, 9.17) is 17.3 Å². The quantitative estimate of drug-likeness (QED) is 0.850. The van der Waals surface area contributed by atoms with Crippen LogP contribution in [0.3, 0.4) is 0 Å². The van der Waals surface area contributed by atoms with E-state index in [2.05, 4.69) is 0 Å². The number of hydrogen-bond donors (Lipinski definition) is 1. The van der Waals surface area contributed by atoms with E-state index in [-0.39, 0.29) is 47.3 Å². The van der Waals surface area contributed by atoms with Crippen LogP contribution in [0.1, 0.15) is 11.5 Å². The first kappa shape index (κ1) is 20.1. The van der Waals surface area contributed by atoms with Crippen molar-refractivity contribution >= 4 is 34.0 Å². The molecule has 0 radical (unpaired) electrons. The molecule has 0 aliphatic carbocycles. The minimum atomic E-state index is -3.96. The minimum Gasteiger partial charge on any atom is -0.330 e. The lowest BCUT2D eigenvalue weighted by molar-refractivity contribution is 0.453. The predicted molar refractivity (Wildman–Crippen MR) is 99.1 cm³/mol. The van der Waals surface area contributed by atoms with Gasteiger partial charge in [-0.1, -0.05) is 41.9 Å². The van der Waals surface area contributed by atoms with E-state index in [9.17, 15) is 12.8 Å². The Balaban J connectivity index is 0.00000225. The van der Waals surface area contributed by atoms with Crippen LogP contribution in [-0.4, -0.2) is 32.4 Å². The van der Waals surface area contributed by atoms with Gasteiger partial charge in [0.15, 0.2) is 0 Å². The number of benzene rings is 2. The van der Waals surface area contributed by atoms with Crippen LogP contribution in [0.4, 0.5) is 4.39 Å². The number of nitrogens with zero attached hydrogens (tertiary/aromatic N) is 1. The van der Waals surface area contributed by atoms with Crippen molar-refractivity contribution in [1.29, 1.82) is 0 Å². The second-order valence-electron chi connectivity index (χ2n) is 5.91. The van der Waals surface area contributed by atoms with Crippen molar-refractivity contribution in [2.45, 2.75) is 10.8 Å². The summed E-state index contributed by atoms with van der Waals surface area (Å²) in [7, 11) is -3.96. The van der Waals surface area contributed by atoms with Crippen LogP contribution in [0, 0.1) is 11.7 Å². The lowest BCUT2D eigenvalue weighted by Crippen LogP contribution is -2.30. The van der Waals surface area contributed by atoms with E-state index in [0.717, 1.165) is 17.7 Å². The fourth-order valence-corrected chi connectivity index (χ4v) is 5.01. The molecule has 4 nitrogen and oxygen atoms in total. The average Bonchev–Trinajstić information content (AvgIpc) is 3.03. The van der Waals surface area contributed by atoms with E-state index in [1.807, 2.05) is 30.3 Å². The summed E-state index contributed by atoms with van der Waals surface area (Å²) in [5.74, 6) is -0.815. The van der Waals surface area contributed by atoms with Gasteiger partial charge in [-0.2, -0.15) is 4.31 Å². The van der Waals surface area contributed by atoms with Gasteiger partial charge in [-0.15, -0.1) is 12.4 Å². The highest BCUT2D eigenvalue weighted by Gasteiger charge is 2.40. The van der Waals surface area contributed by atoms with E-state index in [1.54, 1.807) is 0 Å². The van der Waals surface area contributed by atoms with Crippen molar-refractivity contribution in [2.75, 3.05) is 19.6 Å². The summed E-state index contributed by atoms with van der Waals surface area (Å²) in [6, 6.07) is 13.2. The molecule has 1 saturated heterocycles. The zero-order valence-electron chi connectivity index (χ0n) is 13.3. The Labute approximate surface area is 158 Å². The standard InChI is InChI=1S/C17H18ClFN2O2S.ClH/c18-14-6-7-16(19)17(8-14)24(22,23)21-10-13(9-20)15(11-21)12-4-2-1-3-5-12;/h1-8,13,15H,9-11,20H2;1H/t13-,15+;/m1./s1. The van der Waals surface area contributed by atoms with E-state index in [1.165, 1.54) is 10.4 Å². The van der Waals surface area contributed by atoms with Gasteiger partial charge in [0.05, 0.1) is 0 Å². The lowest BCUT2D eigenvalue weighted by atomic mass is 9.89. The number of rotatable bonds is 4. The minimum absolute atomic E-state index is 0. The molecular formula is C17H19Cl2FN2O2S. The Morgan fingerprint density at radius 1 is 1.16 bits per heavy atom. The monoisotopic (exact) mass is 404 g/mol. The first-order chi connectivity index (χ1) is 11.4. The van der Waals surface area contributed by atoms with E-state index < -0.39 is 15.8 Å². The molecule has 0 bridgehead atoms. The molecule has 1 aliphatic heterocycles. The summed E-state index contributed by atoms with van der Waals surface area (Å²) in [5.41, 5.74) is 6.88. The zero-order chi connectivity index (χ0) is 17.3. The summed E-state index contributed by atoms with van der Waals surface area (Å²) in [5, 5.41) is 0.184. The SMILES string of the molecule is Cl.NC[C@@H]1CN(S(=O)(=O)c2cc(Cl)ccc2F)C[C@H]1c1ccccc1. The number of hydrogen-bond acceptors (Lipinski definition) is 3. The molecule has 1 heterocycles. The van der Waals surface area contributed by atoms with Gasteiger partial charge < -0.3 is 5.73 Å². The summed E-state index contributed by atoms with van der Waals surface area (Å²) in [6.45, 7) is 0.911. The Kier molecular flexibility index (Phi) is 6.45. The Morgan fingerprint density at radius 2 is 1.84 bits per heavy atom. The van der Waals surface area contributed by atoms with Gasteiger partial charge >= 0.3 is 0 Å².